The van der Waals surface area contributed by atoms with Gasteiger partial charge in [0.1, 0.15) is 6.73 Å². The highest BCUT2D eigenvalue weighted by Crippen LogP contribution is 2.42. The number of nitrogens with zero attached hydrogens (tertiary/aromatic N) is 2. The van der Waals surface area contributed by atoms with Gasteiger partial charge in [0.15, 0.2) is 5.69 Å². The number of carbonyl (C=O) groups is 1. The van der Waals surface area contributed by atoms with Crippen molar-refractivity contribution in [3.8, 4) is 0 Å². The molecule has 1 aliphatic rings. The first kappa shape index (κ1) is 17.9. The summed E-state index contributed by atoms with van der Waals surface area (Å²) >= 11 is 2.21. The highest BCUT2D eigenvalue weighted by Gasteiger charge is 2.33. The average Bonchev–Trinajstić information content (AvgIpc) is 3.19. The summed E-state index contributed by atoms with van der Waals surface area (Å²) in [6.45, 7) is 10.2. The molecule has 0 N–H and O–H groups in total. The molecule has 1 aliphatic carbocycles. The molecule has 0 unspecified atom stereocenters. The third kappa shape index (κ3) is 4.79. The molecular weight excluding hydrogens is 411 g/mol. The van der Waals surface area contributed by atoms with Gasteiger partial charge in [0.05, 0.1) is 15.9 Å². The van der Waals surface area contributed by atoms with Gasteiger partial charge in [0.2, 0.25) is 0 Å². The summed E-state index contributed by atoms with van der Waals surface area (Å²) in [5.41, 5.74) is 1.56. The summed E-state index contributed by atoms with van der Waals surface area (Å²) in [6, 6.07) is 1.11. The molecule has 0 amide bonds. The van der Waals surface area contributed by atoms with E-state index in [0.717, 1.165) is 28.1 Å². The van der Waals surface area contributed by atoms with Crippen molar-refractivity contribution in [3.63, 3.8) is 0 Å². The topological polar surface area (TPSA) is 53.3 Å². The van der Waals surface area contributed by atoms with Gasteiger partial charge in [-0.1, -0.05) is 19.6 Å². The molecule has 0 saturated heterocycles. The van der Waals surface area contributed by atoms with Crippen LogP contribution in [0.1, 0.15) is 41.9 Å². The number of ether oxygens (including phenoxy) is 2. The van der Waals surface area contributed by atoms with E-state index in [1.54, 1.807) is 4.68 Å². The van der Waals surface area contributed by atoms with Crippen LogP contribution in [0.15, 0.2) is 0 Å². The van der Waals surface area contributed by atoms with Crippen molar-refractivity contribution in [1.82, 2.24) is 9.78 Å². The van der Waals surface area contributed by atoms with Crippen molar-refractivity contribution < 1.29 is 14.3 Å². The maximum absolute atomic E-state index is 12.2. The van der Waals surface area contributed by atoms with Crippen molar-refractivity contribution in [2.75, 3.05) is 13.2 Å². The van der Waals surface area contributed by atoms with Crippen LogP contribution in [0.5, 0.6) is 0 Å². The lowest BCUT2D eigenvalue weighted by molar-refractivity contribution is 0.0453. The van der Waals surface area contributed by atoms with Gasteiger partial charge in [-0.25, -0.2) is 9.48 Å². The number of rotatable bonds is 8. The van der Waals surface area contributed by atoms with E-state index in [2.05, 4.69) is 47.3 Å². The lowest BCUT2D eigenvalue weighted by Crippen LogP contribution is -2.22. The Morgan fingerprint density at radius 2 is 2.09 bits per heavy atom. The number of hydrogen-bond donors (Lipinski definition) is 0. The van der Waals surface area contributed by atoms with E-state index in [1.165, 1.54) is 0 Å². The van der Waals surface area contributed by atoms with Gasteiger partial charge in [-0.05, 0) is 48.4 Å². The number of hydrogen-bond acceptors (Lipinski definition) is 4. The lowest BCUT2D eigenvalue weighted by atomic mass is 10.2. The Bertz CT molecular complexity index is 536. The average molecular weight is 436 g/mol. The molecule has 0 bridgehead atoms. The zero-order valence-electron chi connectivity index (χ0n) is 13.8. The van der Waals surface area contributed by atoms with E-state index < -0.39 is 8.07 Å². The predicted molar refractivity (Wildman–Crippen MR) is 97.0 cm³/mol. The first-order valence-corrected chi connectivity index (χ1v) is 12.6. The van der Waals surface area contributed by atoms with Crippen LogP contribution in [-0.4, -0.2) is 37.0 Å². The molecule has 1 aromatic rings. The highest BCUT2D eigenvalue weighted by molar-refractivity contribution is 14.1. The Hall–Kier alpha value is -0.413. The molecule has 2 rings (SSSR count). The van der Waals surface area contributed by atoms with Gasteiger partial charge < -0.3 is 9.47 Å². The van der Waals surface area contributed by atoms with Gasteiger partial charge in [0.25, 0.3) is 0 Å². The van der Waals surface area contributed by atoms with Crippen LogP contribution in [0, 0.1) is 3.57 Å². The van der Waals surface area contributed by atoms with Gasteiger partial charge >= 0.3 is 5.97 Å². The zero-order valence-corrected chi connectivity index (χ0v) is 17.0. The lowest BCUT2D eigenvalue weighted by Gasteiger charge is -2.15. The second kappa shape index (κ2) is 7.44. The molecule has 7 heteroatoms. The van der Waals surface area contributed by atoms with Gasteiger partial charge in [-0.2, -0.15) is 5.10 Å². The van der Waals surface area contributed by atoms with E-state index in [-0.39, 0.29) is 5.97 Å². The fourth-order valence-electron chi connectivity index (χ4n) is 2.09. The fraction of sp³-hybridized carbons (Fsp3) is 0.733. The Morgan fingerprint density at radius 3 is 2.64 bits per heavy atom. The van der Waals surface area contributed by atoms with Crippen molar-refractivity contribution in [2.24, 2.45) is 0 Å². The van der Waals surface area contributed by atoms with Crippen LogP contribution >= 0.6 is 22.6 Å². The minimum atomic E-state index is -1.10. The first-order chi connectivity index (χ1) is 10.3. The van der Waals surface area contributed by atoms with Gasteiger partial charge in [-0.3, -0.25) is 0 Å². The summed E-state index contributed by atoms with van der Waals surface area (Å²) in [5, 5.41) is 4.60. The molecule has 1 fully saturated rings. The molecule has 0 atom stereocenters. The van der Waals surface area contributed by atoms with E-state index in [0.29, 0.717) is 31.6 Å². The standard InChI is InChI=1S/C15H25IN2O3Si/c1-5-21-15(19)14-12(16)13(11-6-7-11)17-18(14)10-20-8-9-22(2,3)4/h11H,5-10H2,1-4H3. The Balaban J connectivity index is 2.08. The van der Waals surface area contributed by atoms with Crippen molar-refractivity contribution in [3.05, 3.63) is 15.0 Å². The number of carbonyl (C=O) groups excluding carboxylic acids is 1. The van der Waals surface area contributed by atoms with Crippen LogP contribution in [0.25, 0.3) is 0 Å². The second-order valence-electron chi connectivity index (χ2n) is 6.89. The van der Waals surface area contributed by atoms with E-state index >= 15 is 0 Å². The SMILES string of the molecule is CCOC(=O)c1c(I)c(C2CC2)nn1COCC[Si](C)(C)C. The molecule has 0 aromatic carbocycles. The number of esters is 1. The Kier molecular flexibility index (Phi) is 6.06. The molecule has 0 aliphatic heterocycles. The molecule has 0 spiro atoms. The van der Waals surface area contributed by atoms with Gasteiger partial charge in [0, 0.05) is 20.6 Å². The van der Waals surface area contributed by atoms with E-state index in [9.17, 15) is 4.79 Å². The predicted octanol–water partition coefficient (Wildman–Crippen LogP) is 3.85. The molecule has 1 heterocycles. The molecule has 1 aromatic heterocycles. The third-order valence-electron chi connectivity index (χ3n) is 3.56. The molecule has 1 saturated carbocycles. The number of aromatic nitrogens is 2. The highest BCUT2D eigenvalue weighted by atomic mass is 127. The molecule has 0 radical (unpaired) electrons. The molecule has 5 nitrogen and oxygen atoms in total. The second-order valence-corrected chi connectivity index (χ2v) is 13.6. The molecular formula is C15H25IN2O3Si. The maximum Gasteiger partial charge on any atom is 0.357 e. The van der Waals surface area contributed by atoms with E-state index in [1.807, 2.05) is 6.92 Å². The maximum atomic E-state index is 12.2. The number of halogens is 1. The summed E-state index contributed by atoms with van der Waals surface area (Å²) in [6.07, 6.45) is 2.32. The summed E-state index contributed by atoms with van der Waals surface area (Å²) in [7, 11) is -1.10. The quantitative estimate of drug-likeness (QED) is 0.269. The van der Waals surface area contributed by atoms with Crippen LogP contribution in [0.2, 0.25) is 25.7 Å². The largest absolute Gasteiger partial charge is 0.461 e. The summed E-state index contributed by atoms with van der Waals surface area (Å²) in [4.78, 5) is 12.2. The third-order valence-corrected chi connectivity index (χ3v) is 6.33. The van der Waals surface area contributed by atoms with Crippen LogP contribution < -0.4 is 0 Å². The molecule has 22 heavy (non-hydrogen) atoms. The van der Waals surface area contributed by atoms with E-state index in [4.69, 9.17) is 9.47 Å². The monoisotopic (exact) mass is 436 g/mol. The first-order valence-electron chi connectivity index (χ1n) is 7.84. The summed E-state index contributed by atoms with van der Waals surface area (Å²) in [5.74, 6) is 0.198. The zero-order chi connectivity index (χ0) is 16.3. The van der Waals surface area contributed by atoms with Gasteiger partial charge in [-0.15, -0.1) is 0 Å². The minimum Gasteiger partial charge on any atom is -0.461 e. The smallest absolute Gasteiger partial charge is 0.357 e. The van der Waals surface area contributed by atoms with Crippen LogP contribution in [0.3, 0.4) is 0 Å². The fourth-order valence-corrected chi connectivity index (χ4v) is 3.90. The van der Waals surface area contributed by atoms with Crippen LogP contribution in [0.4, 0.5) is 0 Å². The molecule has 124 valence electrons. The minimum absolute atomic E-state index is 0.305. The normalized spacial score (nSPS) is 15.1. The van der Waals surface area contributed by atoms with Crippen molar-refractivity contribution in [2.45, 2.75) is 58.1 Å². The van der Waals surface area contributed by atoms with Crippen molar-refractivity contribution >= 4 is 36.6 Å². The summed E-state index contributed by atoms with van der Waals surface area (Å²) < 4.78 is 13.5. The Labute approximate surface area is 146 Å². The Morgan fingerprint density at radius 1 is 1.41 bits per heavy atom. The van der Waals surface area contributed by atoms with Crippen LogP contribution in [-0.2, 0) is 16.2 Å². The van der Waals surface area contributed by atoms with Crippen molar-refractivity contribution in [1.29, 1.82) is 0 Å².